The third kappa shape index (κ3) is 1.62. The number of carboxylic acids is 1. The smallest absolute Gasteiger partial charge is 0.335 e. The average molecular weight is 223 g/mol. The summed E-state index contributed by atoms with van der Waals surface area (Å²) >= 11 is 5.86. The molecule has 0 aliphatic carbocycles. The molecule has 0 fully saturated rings. The number of rotatable bonds is 1. The van der Waals surface area contributed by atoms with Crippen molar-refractivity contribution < 1.29 is 15.0 Å². The van der Waals surface area contributed by atoms with Crippen LogP contribution in [-0.2, 0) is 0 Å². The fourth-order valence-corrected chi connectivity index (χ4v) is 1.63. The summed E-state index contributed by atoms with van der Waals surface area (Å²) in [4.78, 5) is 10.7. The molecule has 0 aromatic heterocycles. The number of aromatic carboxylic acids is 1. The monoisotopic (exact) mass is 222 g/mol. The van der Waals surface area contributed by atoms with Crippen LogP contribution in [0.3, 0.4) is 0 Å². The van der Waals surface area contributed by atoms with Crippen molar-refractivity contribution in [2.24, 2.45) is 0 Å². The highest BCUT2D eigenvalue weighted by molar-refractivity contribution is 6.37. The second-order valence-electron chi connectivity index (χ2n) is 3.14. The molecule has 4 heteroatoms. The molecule has 0 bridgehead atoms. The maximum atomic E-state index is 10.7. The molecule has 0 atom stereocenters. The summed E-state index contributed by atoms with van der Waals surface area (Å²) in [5.74, 6) is -1.07. The van der Waals surface area contributed by atoms with Gasteiger partial charge in [0.05, 0.1) is 10.6 Å². The van der Waals surface area contributed by atoms with Gasteiger partial charge in [0.15, 0.2) is 0 Å². The van der Waals surface area contributed by atoms with Gasteiger partial charge in [-0.05, 0) is 23.6 Å². The van der Waals surface area contributed by atoms with Gasteiger partial charge in [0.2, 0.25) is 0 Å². The van der Waals surface area contributed by atoms with Gasteiger partial charge in [0, 0.05) is 5.39 Å². The lowest BCUT2D eigenvalue weighted by molar-refractivity contribution is 0.0697. The highest BCUT2D eigenvalue weighted by Gasteiger charge is 2.08. The number of hydrogen-bond acceptors (Lipinski definition) is 2. The number of fused-ring (bicyclic) bond motifs is 1. The number of halogens is 1. The molecule has 0 amide bonds. The zero-order valence-electron chi connectivity index (χ0n) is 7.57. The Bertz CT molecular complexity index is 549. The Balaban J connectivity index is 2.79. The molecule has 2 rings (SSSR count). The molecule has 3 nitrogen and oxygen atoms in total. The molecule has 2 N–H and O–H groups in total. The van der Waals surface area contributed by atoms with E-state index in [1.165, 1.54) is 18.2 Å². The SMILES string of the molecule is O=C(O)c1ccc2ccc(O)c(Cl)c2c1. The summed E-state index contributed by atoms with van der Waals surface area (Å²) in [6.45, 7) is 0. The van der Waals surface area contributed by atoms with E-state index in [-0.39, 0.29) is 16.3 Å². The highest BCUT2D eigenvalue weighted by atomic mass is 35.5. The Hall–Kier alpha value is -1.74. The molecule has 2 aromatic carbocycles. The van der Waals surface area contributed by atoms with Crippen LogP contribution in [0.2, 0.25) is 5.02 Å². The third-order valence-corrected chi connectivity index (χ3v) is 2.58. The summed E-state index contributed by atoms with van der Waals surface area (Å²) in [6, 6.07) is 7.76. The molecule has 76 valence electrons. The van der Waals surface area contributed by atoms with Crippen molar-refractivity contribution in [2.75, 3.05) is 0 Å². The second-order valence-corrected chi connectivity index (χ2v) is 3.52. The Morgan fingerprint density at radius 2 is 1.87 bits per heavy atom. The minimum Gasteiger partial charge on any atom is -0.506 e. The number of phenolic OH excluding ortho intramolecular Hbond substituents is 1. The van der Waals surface area contributed by atoms with Gasteiger partial charge in [-0.25, -0.2) is 4.79 Å². The van der Waals surface area contributed by atoms with Crippen LogP contribution in [0, 0.1) is 0 Å². The Morgan fingerprint density at radius 3 is 2.53 bits per heavy atom. The van der Waals surface area contributed by atoms with Crippen LogP contribution in [0.15, 0.2) is 30.3 Å². The van der Waals surface area contributed by atoms with Gasteiger partial charge >= 0.3 is 5.97 Å². The van der Waals surface area contributed by atoms with Crippen LogP contribution in [0.25, 0.3) is 10.8 Å². The summed E-state index contributed by atoms with van der Waals surface area (Å²) in [5.41, 5.74) is 0.148. The molecule has 0 saturated heterocycles. The molecule has 0 heterocycles. The minimum atomic E-state index is -1.02. The number of carbonyl (C=O) groups is 1. The lowest BCUT2D eigenvalue weighted by atomic mass is 10.1. The van der Waals surface area contributed by atoms with Crippen LogP contribution in [-0.4, -0.2) is 16.2 Å². The number of phenols is 1. The predicted octanol–water partition coefficient (Wildman–Crippen LogP) is 2.90. The summed E-state index contributed by atoms with van der Waals surface area (Å²) in [7, 11) is 0. The van der Waals surface area contributed by atoms with Gasteiger partial charge < -0.3 is 10.2 Å². The summed E-state index contributed by atoms with van der Waals surface area (Å²) in [6.07, 6.45) is 0. The number of hydrogen-bond donors (Lipinski definition) is 2. The summed E-state index contributed by atoms with van der Waals surface area (Å²) in [5, 5.41) is 19.7. The molecule has 0 aliphatic rings. The average Bonchev–Trinajstić information content (AvgIpc) is 2.23. The minimum absolute atomic E-state index is 0.0493. The zero-order valence-corrected chi connectivity index (χ0v) is 8.32. The maximum absolute atomic E-state index is 10.7. The van der Waals surface area contributed by atoms with Crippen molar-refractivity contribution in [1.29, 1.82) is 0 Å². The first-order valence-corrected chi connectivity index (χ1v) is 4.62. The summed E-state index contributed by atoms with van der Waals surface area (Å²) < 4.78 is 0. The van der Waals surface area contributed by atoms with Gasteiger partial charge in [-0.15, -0.1) is 0 Å². The van der Waals surface area contributed by atoms with Crippen LogP contribution >= 0.6 is 11.6 Å². The number of benzene rings is 2. The van der Waals surface area contributed by atoms with Crippen molar-refractivity contribution in [2.45, 2.75) is 0 Å². The van der Waals surface area contributed by atoms with Crippen molar-refractivity contribution >= 4 is 28.3 Å². The van der Waals surface area contributed by atoms with E-state index in [1.54, 1.807) is 12.1 Å². The van der Waals surface area contributed by atoms with Gasteiger partial charge in [-0.2, -0.15) is 0 Å². The second kappa shape index (κ2) is 3.44. The van der Waals surface area contributed by atoms with E-state index in [1.807, 2.05) is 0 Å². The molecule has 2 aromatic rings. The Labute approximate surface area is 90.5 Å². The quantitative estimate of drug-likeness (QED) is 0.780. The Morgan fingerprint density at radius 1 is 1.20 bits per heavy atom. The first-order chi connectivity index (χ1) is 7.09. The molecular weight excluding hydrogens is 216 g/mol. The van der Waals surface area contributed by atoms with Gasteiger partial charge in [0.25, 0.3) is 0 Å². The first-order valence-electron chi connectivity index (χ1n) is 4.24. The lowest BCUT2D eigenvalue weighted by Gasteiger charge is -2.03. The molecule has 0 unspecified atom stereocenters. The molecule has 15 heavy (non-hydrogen) atoms. The molecule has 0 aliphatic heterocycles. The predicted molar refractivity (Wildman–Crippen MR) is 57.6 cm³/mol. The van der Waals surface area contributed by atoms with E-state index in [0.29, 0.717) is 5.39 Å². The molecule has 0 spiro atoms. The van der Waals surface area contributed by atoms with E-state index in [4.69, 9.17) is 16.7 Å². The fourth-order valence-electron chi connectivity index (χ4n) is 1.40. The van der Waals surface area contributed by atoms with E-state index in [0.717, 1.165) is 5.39 Å². The topological polar surface area (TPSA) is 57.5 Å². The first kappa shape index (κ1) is 9.80. The van der Waals surface area contributed by atoms with Crippen LogP contribution in [0.5, 0.6) is 5.75 Å². The van der Waals surface area contributed by atoms with Gasteiger partial charge in [0.1, 0.15) is 5.75 Å². The van der Waals surface area contributed by atoms with E-state index in [2.05, 4.69) is 0 Å². The van der Waals surface area contributed by atoms with Crippen molar-refractivity contribution in [3.8, 4) is 5.75 Å². The van der Waals surface area contributed by atoms with Crippen molar-refractivity contribution in [3.63, 3.8) is 0 Å². The highest BCUT2D eigenvalue weighted by Crippen LogP contribution is 2.32. The largest absolute Gasteiger partial charge is 0.506 e. The van der Waals surface area contributed by atoms with Crippen molar-refractivity contribution in [1.82, 2.24) is 0 Å². The number of aromatic hydroxyl groups is 1. The van der Waals surface area contributed by atoms with E-state index >= 15 is 0 Å². The standard InChI is InChI=1S/C11H7ClO3/c12-10-8-5-7(11(14)15)2-1-6(8)3-4-9(10)13/h1-5,13H,(H,14,15). The van der Waals surface area contributed by atoms with Crippen LogP contribution in [0.4, 0.5) is 0 Å². The molecule has 0 radical (unpaired) electrons. The van der Waals surface area contributed by atoms with Gasteiger partial charge in [-0.3, -0.25) is 0 Å². The lowest BCUT2D eigenvalue weighted by Crippen LogP contribution is -1.95. The number of carboxylic acid groups (broad SMARTS) is 1. The maximum Gasteiger partial charge on any atom is 0.335 e. The third-order valence-electron chi connectivity index (χ3n) is 2.18. The Kier molecular flexibility index (Phi) is 2.25. The fraction of sp³-hybridized carbons (Fsp3) is 0. The van der Waals surface area contributed by atoms with E-state index < -0.39 is 5.97 Å². The zero-order chi connectivity index (χ0) is 11.0. The van der Waals surface area contributed by atoms with Crippen LogP contribution in [0.1, 0.15) is 10.4 Å². The molecule has 0 saturated carbocycles. The van der Waals surface area contributed by atoms with Crippen molar-refractivity contribution in [3.05, 3.63) is 40.9 Å². The normalized spacial score (nSPS) is 10.5. The van der Waals surface area contributed by atoms with Gasteiger partial charge in [-0.1, -0.05) is 23.7 Å². The molecular formula is C11H7ClO3. The van der Waals surface area contributed by atoms with E-state index in [9.17, 15) is 9.90 Å². The van der Waals surface area contributed by atoms with Crippen LogP contribution < -0.4 is 0 Å².